The summed E-state index contributed by atoms with van der Waals surface area (Å²) in [4.78, 5) is 18.6. The van der Waals surface area contributed by atoms with Gasteiger partial charge in [-0.1, -0.05) is 0 Å². The van der Waals surface area contributed by atoms with E-state index in [0.717, 1.165) is 25.9 Å². The summed E-state index contributed by atoms with van der Waals surface area (Å²) in [5.41, 5.74) is 1.17. The number of hydrogen-bond donors (Lipinski definition) is 2. The number of rotatable bonds is 6. The molecule has 0 bridgehead atoms. The maximum atomic E-state index is 12.2. The normalized spacial score (nSPS) is 31.5. The highest BCUT2D eigenvalue weighted by Gasteiger charge is 2.38. The highest BCUT2D eigenvalue weighted by Crippen LogP contribution is 2.29. The zero-order valence-electron chi connectivity index (χ0n) is 16.3. The zero-order valence-corrected chi connectivity index (χ0v) is 16.3. The van der Waals surface area contributed by atoms with E-state index < -0.39 is 6.10 Å². The van der Waals surface area contributed by atoms with Gasteiger partial charge in [0, 0.05) is 38.1 Å². The summed E-state index contributed by atoms with van der Waals surface area (Å²) >= 11 is 0. The van der Waals surface area contributed by atoms with Gasteiger partial charge in [-0.05, 0) is 49.3 Å². The molecule has 3 heterocycles. The fourth-order valence-corrected chi connectivity index (χ4v) is 4.21. The zero-order chi connectivity index (χ0) is 19.3. The molecule has 0 unspecified atom stereocenters. The van der Waals surface area contributed by atoms with E-state index in [1.807, 2.05) is 12.1 Å². The molecule has 3 fully saturated rings. The monoisotopic (exact) mass is 389 g/mol. The third-order valence-electron chi connectivity index (χ3n) is 5.92. The Bertz CT molecular complexity index is 640. The Morgan fingerprint density at radius 1 is 1.21 bits per heavy atom. The number of aliphatic hydroxyl groups excluding tert-OH is 1. The maximum absolute atomic E-state index is 12.2. The van der Waals surface area contributed by atoms with Crippen LogP contribution in [0.5, 0.6) is 0 Å². The summed E-state index contributed by atoms with van der Waals surface area (Å²) in [5.74, 6) is 0.777. The molecule has 4 rings (SSSR count). The summed E-state index contributed by atoms with van der Waals surface area (Å²) in [5, 5.41) is 13.3. The summed E-state index contributed by atoms with van der Waals surface area (Å²) in [6.07, 6.45) is 7.62. The Morgan fingerprint density at radius 3 is 2.82 bits per heavy atom. The van der Waals surface area contributed by atoms with Gasteiger partial charge in [0.25, 0.3) is 0 Å². The molecule has 0 spiro atoms. The molecule has 7 nitrogen and oxygen atoms in total. The van der Waals surface area contributed by atoms with Gasteiger partial charge in [0.05, 0.1) is 37.9 Å². The number of aromatic nitrogens is 1. The van der Waals surface area contributed by atoms with Crippen LogP contribution in [-0.4, -0.2) is 71.6 Å². The second-order valence-corrected chi connectivity index (χ2v) is 8.37. The van der Waals surface area contributed by atoms with Crippen molar-refractivity contribution in [1.29, 1.82) is 0 Å². The smallest absolute Gasteiger partial charge is 0.222 e. The first kappa shape index (κ1) is 19.8. The molecule has 0 aromatic carbocycles. The number of nitrogens with zero attached hydrogens (tertiary/aromatic N) is 2. The Morgan fingerprint density at radius 2 is 2.04 bits per heavy atom. The molecule has 1 amide bonds. The summed E-state index contributed by atoms with van der Waals surface area (Å²) in [7, 11) is 0. The lowest BCUT2D eigenvalue weighted by atomic mass is 9.94. The van der Waals surface area contributed by atoms with Gasteiger partial charge in [-0.3, -0.25) is 14.7 Å². The predicted octanol–water partition coefficient (Wildman–Crippen LogP) is 1.11. The number of pyridine rings is 1. The van der Waals surface area contributed by atoms with E-state index in [-0.39, 0.29) is 24.2 Å². The Labute approximate surface area is 166 Å². The predicted molar refractivity (Wildman–Crippen MR) is 104 cm³/mol. The van der Waals surface area contributed by atoms with Gasteiger partial charge in [0.15, 0.2) is 0 Å². The van der Waals surface area contributed by atoms with Crippen LogP contribution in [0, 0.1) is 5.92 Å². The number of hydrogen-bond acceptors (Lipinski definition) is 6. The number of carbonyl (C=O) groups is 1. The van der Waals surface area contributed by atoms with Crippen molar-refractivity contribution >= 4 is 5.91 Å². The molecule has 1 aliphatic carbocycles. The van der Waals surface area contributed by atoms with Crippen molar-refractivity contribution in [2.75, 3.05) is 26.3 Å². The molecule has 4 atom stereocenters. The lowest BCUT2D eigenvalue weighted by Gasteiger charge is -2.44. The standard InChI is InChI=1S/C21H31N3O4/c25-17-12-24(11-16-5-7-22-8-6-16)19-4-3-18(28-20(19)14-27-13-17)9-21(26)23-10-15-1-2-15/h5-8,15,17-20,25H,1-4,9-14H2,(H,23,26)/t17-,18-,19+,20-/m1/s1. The van der Waals surface area contributed by atoms with Crippen LogP contribution >= 0.6 is 0 Å². The lowest BCUT2D eigenvalue weighted by molar-refractivity contribution is -0.158. The fraction of sp³-hybridized carbons (Fsp3) is 0.714. The van der Waals surface area contributed by atoms with Crippen LogP contribution in [0.1, 0.15) is 37.7 Å². The highest BCUT2D eigenvalue weighted by atomic mass is 16.5. The van der Waals surface area contributed by atoms with Crippen molar-refractivity contribution in [1.82, 2.24) is 15.2 Å². The first-order valence-corrected chi connectivity index (χ1v) is 10.5. The van der Waals surface area contributed by atoms with Crippen LogP contribution in [0.15, 0.2) is 24.5 Å². The van der Waals surface area contributed by atoms with Crippen molar-refractivity contribution in [3.63, 3.8) is 0 Å². The number of aliphatic hydroxyl groups is 1. The minimum Gasteiger partial charge on any atom is -0.389 e. The molecule has 2 N–H and O–H groups in total. The van der Waals surface area contributed by atoms with E-state index >= 15 is 0 Å². The molecule has 7 heteroatoms. The number of β-amino-alcohol motifs (C(OH)–C–C–N with tert-alkyl or cyclic N) is 1. The number of nitrogens with one attached hydrogen (secondary N) is 1. The van der Waals surface area contributed by atoms with Crippen molar-refractivity contribution in [3.8, 4) is 0 Å². The summed E-state index contributed by atoms with van der Waals surface area (Å²) < 4.78 is 12.0. The van der Waals surface area contributed by atoms with Gasteiger partial charge in [-0.2, -0.15) is 0 Å². The first-order chi connectivity index (χ1) is 13.7. The molecule has 2 aliphatic heterocycles. The number of fused-ring (bicyclic) bond motifs is 1. The molecular formula is C21H31N3O4. The van der Waals surface area contributed by atoms with Crippen LogP contribution < -0.4 is 5.32 Å². The van der Waals surface area contributed by atoms with Crippen molar-refractivity contribution < 1.29 is 19.4 Å². The third-order valence-corrected chi connectivity index (χ3v) is 5.92. The topological polar surface area (TPSA) is 83.9 Å². The Hall–Kier alpha value is -1.54. The molecule has 1 aromatic heterocycles. The molecule has 1 saturated carbocycles. The van der Waals surface area contributed by atoms with E-state index in [1.165, 1.54) is 18.4 Å². The quantitative estimate of drug-likeness (QED) is 0.758. The van der Waals surface area contributed by atoms with Crippen LogP contribution in [0.25, 0.3) is 0 Å². The molecule has 1 aromatic rings. The van der Waals surface area contributed by atoms with Crippen LogP contribution in [0.2, 0.25) is 0 Å². The number of amides is 1. The number of carbonyl (C=O) groups excluding carboxylic acids is 1. The first-order valence-electron chi connectivity index (χ1n) is 10.5. The van der Waals surface area contributed by atoms with E-state index in [4.69, 9.17) is 9.47 Å². The Balaban J connectivity index is 1.36. The van der Waals surface area contributed by atoms with Gasteiger partial charge in [-0.15, -0.1) is 0 Å². The Kier molecular flexibility index (Phi) is 6.57. The SMILES string of the molecule is O=C(C[C@H]1CC[C@H]2[C@@H](COC[C@H](O)CN2Cc2ccncc2)O1)NCC1CC1. The average molecular weight is 389 g/mol. The molecule has 2 saturated heterocycles. The second-order valence-electron chi connectivity index (χ2n) is 8.37. The third kappa shape index (κ3) is 5.50. The molecule has 154 valence electrons. The van der Waals surface area contributed by atoms with Crippen molar-refractivity contribution in [3.05, 3.63) is 30.1 Å². The minimum atomic E-state index is -0.506. The van der Waals surface area contributed by atoms with Crippen molar-refractivity contribution in [2.24, 2.45) is 5.92 Å². The highest BCUT2D eigenvalue weighted by molar-refractivity contribution is 5.76. The van der Waals surface area contributed by atoms with Gasteiger partial charge < -0.3 is 19.9 Å². The molecule has 0 radical (unpaired) electrons. The summed E-state index contributed by atoms with van der Waals surface area (Å²) in [6, 6.07) is 4.19. The van der Waals surface area contributed by atoms with E-state index in [0.29, 0.717) is 32.1 Å². The lowest BCUT2D eigenvalue weighted by Crippen LogP contribution is -2.55. The fourth-order valence-electron chi connectivity index (χ4n) is 4.21. The summed E-state index contributed by atoms with van der Waals surface area (Å²) in [6.45, 7) is 2.87. The van der Waals surface area contributed by atoms with Gasteiger partial charge in [0.1, 0.15) is 0 Å². The maximum Gasteiger partial charge on any atom is 0.222 e. The largest absolute Gasteiger partial charge is 0.389 e. The molecule has 3 aliphatic rings. The van der Waals surface area contributed by atoms with Gasteiger partial charge >= 0.3 is 0 Å². The number of ether oxygens (including phenoxy) is 2. The second kappa shape index (κ2) is 9.31. The van der Waals surface area contributed by atoms with Crippen LogP contribution in [0.4, 0.5) is 0 Å². The van der Waals surface area contributed by atoms with Crippen molar-refractivity contribution in [2.45, 2.75) is 63.0 Å². The average Bonchev–Trinajstić information content (AvgIpc) is 3.50. The van der Waals surface area contributed by atoms with E-state index in [9.17, 15) is 9.90 Å². The van der Waals surface area contributed by atoms with Gasteiger partial charge in [-0.25, -0.2) is 0 Å². The van der Waals surface area contributed by atoms with Crippen LogP contribution in [0.3, 0.4) is 0 Å². The molecule has 28 heavy (non-hydrogen) atoms. The van der Waals surface area contributed by atoms with E-state index in [1.54, 1.807) is 12.4 Å². The molecular weight excluding hydrogens is 358 g/mol. The van der Waals surface area contributed by atoms with Crippen LogP contribution in [-0.2, 0) is 20.8 Å². The van der Waals surface area contributed by atoms with E-state index in [2.05, 4.69) is 15.2 Å². The minimum absolute atomic E-state index is 0.0591. The van der Waals surface area contributed by atoms with Gasteiger partial charge in [0.2, 0.25) is 5.91 Å².